The van der Waals surface area contributed by atoms with Gasteiger partial charge in [0, 0.05) is 29.9 Å². The van der Waals surface area contributed by atoms with Crippen LogP contribution in [0, 0.1) is 0 Å². The van der Waals surface area contributed by atoms with Crippen LogP contribution in [0.25, 0.3) is 22.4 Å². The van der Waals surface area contributed by atoms with Gasteiger partial charge in [-0.1, -0.05) is 6.07 Å². The summed E-state index contributed by atoms with van der Waals surface area (Å²) in [5, 5.41) is 25.2. The van der Waals surface area contributed by atoms with E-state index in [2.05, 4.69) is 20.6 Å². The Morgan fingerprint density at radius 3 is 2.83 bits per heavy atom. The molecule has 7 nitrogen and oxygen atoms in total. The first kappa shape index (κ1) is 13.4. The van der Waals surface area contributed by atoms with E-state index in [-0.39, 0.29) is 18.1 Å². The number of phenolic OH excluding ortho intramolecular Hbond substituents is 1. The first-order valence-electron chi connectivity index (χ1n) is 7.09. The number of carbonyl (C=O) groups excluding carboxylic acids is 1. The van der Waals surface area contributed by atoms with Crippen LogP contribution in [0.3, 0.4) is 0 Å². The van der Waals surface area contributed by atoms with E-state index in [4.69, 9.17) is 0 Å². The molecule has 1 aliphatic rings. The first-order valence-corrected chi connectivity index (χ1v) is 7.09. The van der Waals surface area contributed by atoms with Crippen molar-refractivity contribution in [1.82, 2.24) is 20.0 Å². The van der Waals surface area contributed by atoms with Crippen molar-refractivity contribution in [3.05, 3.63) is 42.2 Å². The molecular weight excluding hydrogens is 294 g/mol. The molecule has 3 heterocycles. The van der Waals surface area contributed by atoms with Gasteiger partial charge in [-0.05, 0) is 23.8 Å². The van der Waals surface area contributed by atoms with Gasteiger partial charge in [-0.25, -0.2) is 0 Å². The average Bonchev–Trinajstić information content (AvgIpc) is 3.11. The van der Waals surface area contributed by atoms with Crippen LogP contribution in [0.2, 0.25) is 0 Å². The van der Waals surface area contributed by atoms with Gasteiger partial charge in [0.05, 0.1) is 18.3 Å². The monoisotopic (exact) mass is 307 g/mol. The molecule has 0 radical (unpaired) electrons. The fraction of sp³-hybridized carbons (Fsp3) is 0.125. The van der Waals surface area contributed by atoms with E-state index in [0.717, 1.165) is 16.7 Å². The smallest absolute Gasteiger partial charge is 0.230 e. The topological polar surface area (TPSA) is 92.9 Å². The van der Waals surface area contributed by atoms with Crippen molar-refractivity contribution in [3.63, 3.8) is 0 Å². The maximum atomic E-state index is 11.4. The van der Waals surface area contributed by atoms with Crippen molar-refractivity contribution >= 4 is 11.7 Å². The fourth-order valence-electron chi connectivity index (χ4n) is 2.65. The molecule has 0 unspecified atom stereocenters. The number of hydrogen-bond donors (Lipinski definition) is 2. The molecule has 1 aliphatic heterocycles. The summed E-state index contributed by atoms with van der Waals surface area (Å²) in [6.07, 6.45) is 3.90. The third-order valence-electron chi connectivity index (χ3n) is 3.79. The lowest BCUT2D eigenvalue weighted by atomic mass is 10.0. The number of benzene rings is 1. The second kappa shape index (κ2) is 4.91. The summed E-state index contributed by atoms with van der Waals surface area (Å²) in [4.78, 5) is 11.4. The number of aromatic nitrogens is 4. The molecule has 0 saturated heterocycles. The van der Waals surface area contributed by atoms with E-state index < -0.39 is 0 Å². The molecule has 0 atom stereocenters. The van der Waals surface area contributed by atoms with Crippen LogP contribution in [0.4, 0.5) is 5.82 Å². The molecule has 0 saturated carbocycles. The molecule has 0 aliphatic carbocycles. The zero-order valence-electron chi connectivity index (χ0n) is 12.3. The number of nitrogens with zero attached hydrogens (tertiary/aromatic N) is 4. The predicted molar refractivity (Wildman–Crippen MR) is 83.7 cm³/mol. The Kier molecular flexibility index (Phi) is 2.87. The quantitative estimate of drug-likeness (QED) is 0.752. The highest BCUT2D eigenvalue weighted by Gasteiger charge is 2.21. The minimum absolute atomic E-state index is 0.0948. The van der Waals surface area contributed by atoms with Crippen molar-refractivity contribution in [1.29, 1.82) is 0 Å². The average molecular weight is 307 g/mol. The lowest BCUT2D eigenvalue weighted by Gasteiger charge is -2.07. The summed E-state index contributed by atoms with van der Waals surface area (Å²) in [5.74, 6) is 0.505. The molecule has 0 bridgehead atoms. The number of carbonyl (C=O) groups is 1. The van der Waals surface area contributed by atoms with Crippen LogP contribution >= 0.6 is 0 Å². The maximum Gasteiger partial charge on any atom is 0.230 e. The van der Waals surface area contributed by atoms with Gasteiger partial charge in [0.25, 0.3) is 0 Å². The van der Waals surface area contributed by atoms with E-state index in [0.29, 0.717) is 17.1 Å². The summed E-state index contributed by atoms with van der Waals surface area (Å²) in [7, 11) is 1.84. The predicted octanol–water partition coefficient (Wildman–Crippen LogP) is 1.74. The zero-order chi connectivity index (χ0) is 16.0. The van der Waals surface area contributed by atoms with Crippen LogP contribution < -0.4 is 5.32 Å². The van der Waals surface area contributed by atoms with E-state index in [9.17, 15) is 9.90 Å². The Labute approximate surface area is 131 Å². The van der Waals surface area contributed by atoms with Gasteiger partial charge >= 0.3 is 0 Å². The Bertz CT molecular complexity index is 932. The molecular formula is C16H13N5O2. The first-order chi connectivity index (χ1) is 11.1. The van der Waals surface area contributed by atoms with Gasteiger partial charge in [0.1, 0.15) is 5.75 Å². The van der Waals surface area contributed by atoms with Gasteiger partial charge in [0.15, 0.2) is 5.82 Å². The number of amides is 1. The Morgan fingerprint density at radius 2 is 2.09 bits per heavy atom. The van der Waals surface area contributed by atoms with Crippen LogP contribution in [0.5, 0.6) is 5.75 Å². The van der Waals surface area contributed by atoms with E-state index >= 15 is 0 Å². The summed E-state index contributed by atoms with van der Waals surface area (Å²) in [6, 6.07) is 7.13. The molecule has 114 valence electrons. The normalized spacial score (nSPS) is 13.0. The van der Waals surface area contributed by atoms with Gasteiger partial charge < -0.3 is 10.4 Å². The highest BCUT2D eigenvalue weighted by atomic mass is 16.3. The van der Waals surface area contributed by atoms with Gasteiger partial charge in [-0.3, -0.25) is 9.48 Å². The van der Waals surface area contributed by atoms with Gasteiger partial charge in [0.2, 0.25) is 5.91 Å². The molecule has 7 heteroatoms. The number of aromatic hydroxyl groups is 1. The van der Waals surface area contributed by atoms with Crippen LogP contribution in [0.15, 0.2) is 36.7 Å². The summed E-state index contributed by atoms with van der Waals surface area (Å²) < 4.78 is 1.70. The van der Waals surface area contributed by atoms with Crippen molar-refractivity contribution in [2.45, 2.75) is 6.42 Å². The van der Waals surface area contributed by atoms with E-state index in [1.54, 1.807) is 29.1 Å². The van der Waals surface area contributed by atoms with Crippen molar-refractivity contribution in [2.24, 2.45) is 7.05 Å². The molecule has 3 aromatic rings. The lowest BCUT2D eigenvalue weighted by Crippen LogP contribution is -2.04. The standard InChI is InChI=1S/C16H13N5O2/c1-21-8-11(7-17-21)9-2-3-12(14(22)5-9)13-4-10-6-15(23)18-16(10)20-19-13/h2-5,7-8,22H,6H2,1H3,(H,18,20,23). The van der Waals surface area contributed by atoms with Gasteiger partial charge in [-0.15, -0.1) is 10.2 Å². The number of aryl methyl sites for hydroxylation is 1. The van der Waals surface area contributed by atoms with E-state index in [1.807, 2.05) is 19.3 Å². The Balaban J connectivity index is 1.73. The summed E-state index contributed by atoms with van der Waals surface area (Å²) in [5.41, 5.74) is 3.69. The minimum atomic E-state index is -0.0948. The molecule has 1 aromatic carbocycles. The van der Waals surface area contributed by atoms with E-state index in [1.165, 1.54) is 0 Å². The second-order valence-corrected chi connectivity index (χ2v) is 5.46. The minimum Gasteiger partial charge on any atom is -0.507 e. The third kappa shape index (κ3) is 2.32. The Morgan fingerprint density at radius 1 is 1.22 bits per heavy atom. The third-order valence-corrected chi connectivity index (χ3v) is 3.79. The molecule has 0 spiro atoms. The zero-order valence-corrected chi connectivity index (χ0v) is 12.3. The van der Waals surface area contributed by atoms with Crippen LogP contribution in [-0.4, -0.2) is 31.0 Å². The highest BCUT2D eigenvalue weighted by Crippen LogP contribution is 2.33. The number of anilines is 1. The van der Waals surface area contributed by atoms with Crippen LogP contribution in [0.1, 0.15) is 5.56 Å². The largest absolute Gasteiger partial charge is 0.507 e. The molecule has 1 amide bonds. The highest BCUT2D eigenvalue weighted by molar-refractivity contribution is 5.98. The van der Waals surface area contributed by atoms with Crippen molar-refractivity contribution in [3.8, 4) is 28.1 Å². The second-order valence-electron chi connectivity index (χ2n) is 5.46. The maximum absolute atomic E-state index is 11.4. The number of rotatable bonds is 2. The summed E-state index contributed by atoms with van der Waals surface area (Å²) >= 11 is 0. The molecule has 4 rings (SSSR count). The number of nitrogens with one attached hydrogen (secondary N) is 1. The van der Waals surface area contributed by atoms with Crippen LogP contribution in [-0.2, 0) is 18.3 Å². The lowest BCUT2D eigenvalue weighted by molar-refractivity contribution is -0.115. The molecule has 2 aromatic heterocycles. The molecule has 23 heavy (non-hydrogen) atoms. The number of phenols is 1. The number of fused-ring (bicyclic) bond motifs is 1. The Hall–Kier alpha value is -3.22. The molecule has 0 fully saturated rings. The fourth-order valence-corrected chi connectivity index (χ4v) is 2.65. The molecule has 2 N–H and O–H groups in total. The number of hydrogen-bond acceptors (Lipinski definition) is 5. The SMILES string of the molecule is Cn1cc(-c2ccc(-c3cc4c(nn3)NC(=O)C4)c(O)c2)cn1. The van der Waals surface area contributed by atoms with Crippen molar-refractivity contribution < 1.29 is 9.90 Å². The van der Waals surface area contributed by atoms with Crippen molar-refractivity contribution in [2.75, 3.05) is 5.32 Å². The van der Waals surface area contributed by atoms with Gasteiger partial charge in [-0.2, -0.15) is 5.10 Å². The summed E-state index contributed by atoms with van der Waals surface area (Å²) in [6.45, 7) is 0.